The van der Waals surface area contributed by atoms with Crippen molar-refractivity contribution in [1.82, 2.24) is 15.0 Å². The maximum Gasteiger partial charge on any atom is 0.0146 e. The van der Waals surface area contributed by atoms with Crippen LogP contribution in [0.1, 0.15) is 51.6 Å². The molecule has 1 rings (SSSR count). The fourth-order valence-electron chi connectivity index (χ4n) is 1.60. The van der Waals surface area contributed by atoms with Crippen molar-refractivity contribution in [3.8, 4) is 11.8 Å². The van der Waals surface area contributed by atoms with E-state index in [1.807, 2.05) is 6.20 Å². The van der Waals surface area contributed by atoms with E-state index < -0.39 is 0 Å². The van der Waals surface area contributed by atoms with Gasteiger partial charge in [0.15, 0.2) is 0 Å². The van der Waals surface area contributed by atoms with E-state index in [-0.39, 0.29) is 32.7 Å². The summed E-state index contributed by atoms with van der Waals surface area (Å²) in [5.74, 6) is 6.90. The number of hydrogen-bond acceptors (Lipinski definition) is 2. The van der Waals surface area contributed by atoms with E-state index >= 15 is 0 Å². The minimum absolute atomic E-state index is 0. The molecule has 1 heterocycles. The molecule has 0 aliphatic carbocycles. The van der Waals surface area contributed by atoms with Gasteiger partial charge in [0.05, 0.1) is 0 Å². The second-order valence-electron chi connectivity index (χ2n) is 4.64. The summed E-state index contributed by atoms with van der Waals surface area (Å²) >= 11 is 0. The molecule has 1 aromatic heterocycles. The van der Waals surface area contributed by atoms with Crippen LogP contribution in [-0.2, 0) is 39.1 Å². The van der Waals surface area contributed by atoms with Gasteiger partial charge in [-0.05, 0) is 19.3 Å². The molecule has 0 fully saturated rings. The number of rotatable bonds is 6. The van der Waals surface area contributed by atoms with Gasteiger partial charge in [-0.25, -0.2) is 0 Å². The molecule has 0 spiro atoms. The van der Waals surface area contributed by atoms with E-state index in [2.05, 4.69) is 43.0 Å². The summed E-state index contributed by atoms with van der Waals surface area (Å²) in [5.41, 5.74) is 1.04. The second kappa shape index (κ2) is 10.6. The van der Waals surface area contributed by atoms with Crippen LogP contribution in [0, 0.1) is 24.8 Å². The molecule has 97 valence electrons. The Hall–Kier alpha value is -0.326. The van der Waals surface area contributed by atoms with Crippen molar-refractivity contribution in [3.05, 3.63) is 18.9 Å². The summed E-state index contributed by atoms with van der Waals surface area (Å²) in [7, 11) is 3.66. The Morgan fingerprint density at radius 3 is 2.61 bits per heavy atom. The Labute approximate surface area is 136 Å². The van der Waals surface area contributed by atoms with Gasteiger partial charge in [-0.2, -0.15) is 12.1 Å². The fourth-order valence-corrected chi connectivity index (χ4v) is 1.60. The summed E-state index contributed by atoms with van der Waals surface area (Å²) < 4.78 is 1.51. The van der Waals surface area contributed by atoms with Crippen LogP contribution in [0.5, 0.6) is 0 Å². The molecule has 1 radical (unpaired) electrons. The van der Waals surface area contributed by atoms with Crippen LogP contribution in [0.3, 0.4) is 0 Å². The number of nitrogens with zero attached hydrogens (tertiary/aromatic N) is 3. The third-order valence-electron chi connectivity index (χ3n) is 2.46. The average molecular weight is 321 g/mol. The van der Waals surface area contributed by atoms with Gasteiger partial charge in [-0.1, -0.05) is 32.9 Å². The Balaban J connectivity index is 0.00000289. The molecular weight excluding hydrogens is 299 g/mol. The SMILES string of the molecule is [CH2-]n1cc(CCCCCCC#CC(C)C)nn1.[Y]. The Kier molecular flexibility index (Phi) is 10.4. The monoisotopic (exact) mass is 321 g/mol. The van der Waals surface area contributed by atoms with Gasteiger partial charge in [-0.15, -0.1) is 17.1 Å². The van der Waals surface area contributed by atoms with Crippen LogP contribution in [0.2, 0.25) is 0 Å². The molecule has 0 aliphatic heterocycles. The predicted octanol–water partition coefficient (Wildman–Crippen LogP) is 3.07. The smallest absolute Gasteiger partial charge is 0.0146 e. The summed E-state index contributed by atoms with van der Waals surface area (Å²) in [5, 5.41) is 7.82. The first-order valence-electron chi connectivity index (χ1n) is 6.39. The van der Waals surface area contributed by atoms with Gasteiger partial charge in [0.25, 0.3) is 0 Å². The predicted molar refractivity (Wildman–Crippen MR) is 70.2 cm³/mol. The van der Waals surface area contributed by atoms with Gasteiger partial charge in [0.1, 0.15) is 0 Å². The third kappa shape index (κ3) is 8.72. The van der Waals surface area contributed by atoms with Crippen molar-refractivity contribution in [1.29, 1.82) is 0 Å². The fraction of sp³-hybridized carbons (Fsp3) is 0.643. The van der Waals surface area contributed by atoms with E-state index in [0.717, 1.165) is 18.5 Å². The normalized spacial score (nSPS) is 9.72. The van der Waals surface area contributed by atoms with Crippen LogP contribution in [0.25, 0.3) is 0 Å². The van der Waals surface area contributed by atoms with E-state index in [1.54, 1.807) is 0 Å². The van der Waals surface area contributed by atoms with Gasteiger partial charge in [-0.3, -0.25) is 0 Å². The topological polar surface area (TPSA) is 30.7 Å². The zero-order chi connectivity index (χ0) is 12.5. The Morgan fingerprint density at radius 1 is 1.28 bits per heavy atom. The first-order valence-corrected chi connectivity index (χ1v) is 6.39. The Bertz CT molecular complexity index is 374. The molecule has 4 heteroatoms. The molecule has 0 atom stereocenters. The third-order valence-corrected chi connectivity index (χ3v) is 2.46. The molecule has 0 amide bonds. The van der Waals surface area contributed by atoms with Crippen LogP contribution in [0.4, 0.5) is 0 Å². The van der Waals surface area contributed by atoms with Crippen molar-refractivity contribution in [3.63, 3.8) is 0 Å². The molecule has 0 unspecified atom stereocenters. The molecule has 0 N–H and O–H groups in total. The molecular formula is C14H22N3Y-. The number of aryl methyl sites for hydroxylation is 1. The van der Waals surface area contributed by atoms with Gasteiger partial charge >= 0.3 is 0 Å². The van der Waals surface area contributed by atoms with Crippen molar-refractivity contribution < 1.29 is 32.7 Å². The maximum absolute atomic E-state index is 4.01. The van der Waals surface area contributed by atoms with Crippen LogP contribution in [-0.4, -0.2) is 15.0 Å². The summed E-state index contributed by atoms with van der Waals surface area (Å²) in [6.45, 7) is 4.26. The molecule has 0 bridgehead atoms. The zero-order valence-electron chi connectivity index (χ0n) is 11.5. The quantitative estimate of drug-likeness (QED) is 0.458. The molecule has 18 heavy (non-hydrogen) atoms. The molecule has 0 aliphatic rings. The number of unbranched alkanes of at least 4 members (excludes halogenated alkanes) is 4. The van der Waals surface area contributed by atoms with Gasteiger partial charge < -0.3 is 4.68 Å². The van der Waals surface area contributed by atoms with E-state index in [0.29, 0.717) is 5.92 Å². The van der Waals surface area contributed by atoms with Gasteiger partial charge in [0, 0.05) is 50.7 Å². The van der Waals surface area contributed by atoms with Crippen molar-refractivity contribution in [2.24, 2.45) is 5.92 Å². The van der Waals surface area contributed by atoms with Crippen molar-refractivity contribution in [2.45, 2.75) is 52.4 Å². The average Bonchev–Trinajstić information content (AvgIpc) is 2.68. The molecule has 3 nitrogen and oxygen atoms in total. The molecule has 0 saturated carbocycles. The first-order chi connectivity index (χ1) is 8.18. The largest absolute Gasteiger partial charge is 0.388 e. The zero-order valence-corrected chi connectivity index (χ0v) is 14.4. The molecule has 0 saturated heterocycles. The molecule has 1 aromatic rings. The van der Waals surface area contributed by atoms with E-state index in [4.69, 9.17) is 0 Å². The number of hydrogen-bond donors (Lipinski definition) is 0. The van der Waals surface area contributed by atoms with Crippen LogP contribution < -0.4 is 0 Å². The molecule has 0 aromatic carbocycles. The second-order valence-corrected chi connectivity index (χ2v) is 4.64. The van der Waals surface area contributed by atoms with Gasteiger partial charge in [0.2, 0.25) is 0 Å². The van der Waals surface area contributed by atoms with E-state index in [9.17, 15) is 0 Å². The van der Waals surface area contributed by atoms with Crippen molar-refractivity contribution >= 4 is 0 Å². The van der Waals surface area contributed by atoms with Crippen LogP contribution >= 0.6 is 0 Å². The van der Waals surface area contributed by atoms with Crippen molar-refractivity contribution in [2.75, 3.05) is 0 Å². The summed E-state index contributed by atoms with van der Waals surface area (Å²) in [4.78, 5) is 0. The first kappa shape index (κ1) is 17.7. The van der Waals surface area contributed by atoms with Crippen LogP contribution in [0.15, 0.2) is 6.20 Å². The standard InChI is InChI=1S/C14H22N3.Y/c1-13(2)10-8-6-4-5-7-9-11-14-12-17(3)16-15-14;/h12-13H,3-7,9,11H2,1-2H3;/q-1;. The number of aromatic nitrogens is 3. The minimum Gasteiger partial charge on any atom is -0.388 e. The summed E-state index contributed by atoms with van der Waals surface area (Å²) in [6.07, 6.45) is 8.81. The summed E-state index contributed by atoms with van der Waals surface area (Å²) in [6, 6.07) is 0. The maximum atomic E-state index is 4.01. The van der Waals surface area contributed by atoms with E-state index in [1.165, 1.54) is 30.4 Å². The minimum atomic E-state index is 0. The Morgan fingerprint density at radius 2 is 2.00 bits per heavy atom.